The zero-order valence-electron chi connectivity index (χ0n) is 16.3. The predicted molar refractivity (Wildman–Crippen MR) is 109 cm³/mol. The molecule has 1 aliphatic carbocycles. The molecule has 2 aromatic rings. The molecule has 3 nitrogen and oxygen atoms in total. The van der Waals surface area contributed by atoms with Crippen LogP contribution in [0, 0.1) is 5.92 Å². The summed E-state index contributed by atoms with van der Waals surface area (Å²) in [6.07, 6.45) is 5.62. The van der Waals surface area contributed by atoms with Crippen molar-refractivity contribution in [3.63, 3.8) is 0 Å². The summed E-state index contributed by atoms with van der Waals surface area (Å²) < 4.78 is 0. The number of hydrogen-bond acceptors (Lipinski definition) is 3. The third-order valence-electron chi connectivity index (χ3n) is 6.09. The molecule has 3 atom stereocenters. The van der Waals surface area contributed by atoms with E-state index in [1.54, 1.807) is 0 Å². The molecule has 3 heteroatoms. The van der Waals surface area contributed by atoms with Crippen LogP contribution >= 0.6 is 0 Å². The van der Waals surface area contributed by atoms with Crippen LogP contribution in [0.3, 0.4) is 0 Å². The van der Waals surface area contributed by atoms with Crippen LogP contribution < -0.4 is 5.32 Å². The van der Waals surface area contributed by atoms with E-state index in [0.717, 1.165) is 42.5 Å². The Balaban J connectivity index is 1.98. The van der Waals surface area contributed by atoms with Crippen molar-refractivity contribution in [2.24, 2.45) is 5.92 Å². The molecule has 0 radical (unpaired) electrons. The van der Waals surface area contributed by atoms with E-state index in [0.29, 0.717) is 6.04 Å². The first kappa shape index (κ1) is 18.9. The largest absolute Gasteiger partial charge is 0.388 e. The van der Waals surface area contributed by atoms with Crippen LogP contribution in [0.2, 0.25) is 0 Å². The summed E-state index contributed by atoms with van der Waals surface area (Å²) in [6, 6.07) is 19.1. The van der Waals surface area contributed by atoms with Crippen LogP contribution in [0.1, 0.15) is 43.2 Å². The van der Waals surface area contributed by atoms with Gasteiger partial charge in [0.2, 0.25) is 0 Å². The van der Waals surface area contributed by atoms with Crippen molar-refractivity contribution in [3.8, 4) is 0 Å². The highest BCUT2D eigenvalue weighted by Gasteiger charge is 2.40. The van der Waals surface area contributed by atoms with Crippen molar-refractivity contribution in [1.82, 2.24) is 4.90 Å². The van der Waals surface area contributed by atoms with Gasteiger partial charge in [-0.3, -0.25) is 0 Å². The first-order valence-corrected chi connectivity index (χ1v) is 9.78. The monoisotopic (exact) mass is 352 g/mol. The molecule has 3 unspecified atom stereocenters. The highest BCUT2D eigenvalue weighted by molar-refractivity contribution is 5.47. The molecule has 0 saturated heterocycles. The smallest absolute Gasteiger partial charge is 0.117 e. The summed E-state index contributed by atoms with van der Waals surface area (Å²) in [5, 5.41) is 15.2. The summed E-state index contributed by atoms with van der Waals surface area (Å²) in [5.41, 5.74) is 2.13. The van der Waals surface area contributed by atoms with Gasteiger partial charge in [-0.2, -0.15) is 0 Å². The topological polar surface area (TPSA) is 35.5 Å². The van der Waals surface area contributed by atoms with Crippen molar-refractivity contribution in [1.29, 1.82) is 0 Å². The van der Waals surface area contributed by atoms with Crippen LogP contribution in [0.25, 0.3) is 0 Å². The van der Waals surface area contributed by atoms with Gasteiger partial charge in [-0.25, -0.2) is 0 Å². The summed E-state index contributed by atoms with van der Waals surface area (Å²) >= 11 is 0. The lowest BCUT2D eigenvalue weighted by atomic mass is 9.73. The Morgan fingerprint density at radius 2 is 1.54 bits per heavy atom. The number of benzene rings is 2. The minimum absolute atomic E-state index is 0.232. The normalized spacial score (nSPS) is 23.3. The number of nitrogens with zero attached hydrogens (tertiary/aromatic N) is 1. The SMILES string of the molecule is CNc1ccc(C(O)(c2ccccc2)C2CCCC(N(C)C)CC2)cc1. The standard InChI is InChI=1S/C23H32N2O/c1-24-21-15-12-20(13-16-21)23(26,18-8-5-4-6-9-18)19-10-7-11-22(17-14-19)25(2)3/h4-6,8-9,12-13,15-16,19,22,24,26H,7,10-11,14,17H2,1-3H3. The molecule has 0 aromatic heterocycles. The summed E-state index contributed by atoms with van der Waals surface area (Å²) in [6.45, 7) is 0. The summed E-state index contributed by atoms with van der Waals surface area (Å²) in [7, 11) is 6.26. The Hall–Kier alpha value is -1.84. The van der Waals surface area contributed by atoms with Crippen molar-refractivity contribution in [2.75, 3.05) is 26.5 Å². The second-order valence-corrected chi connectivity index (χ2v) is 7.78. The average Bonchev–Trinajstić information content (AvgIpc) is 2.95. The molecule has 1 fully saturated rings. The Morgan fingerprint density at radius 3 is 2.15 bits per heavy atom. The van der Waals surface area contributed by atoms with Crippen LogP contribution in [0.4, 0.5) is 5.69 Å². The molecular weight excluding hydrogens is 320 g/mol. The summed E-state index contributed by atoms with van der Waals surface area (Å²) in [4.78, 5) is 2.34. The van der Waals surface area contributed by atoms with Gasteiger partial charge in [0.05, 0.1) is 0 Å². The predicted octanol–water partition coefficient (Wildman–Crippen LogP) is 4.47. The molecule has 0 aliphatic heterocycles. The molecule has 26 heavy (non-hydrogen) atoms. The Bertz CT molecular complexity index is 683. The number of aliphatic hydroxyl groups is 1. The molecule has 0 spiro atoms. The van der Waals surface area contributed by atoms with Gasteiger partial charge in [0.1, 0.15) is 5.60 Å². The van der Waals surface area contributed by atoms with Gasteiger partial charge in [-0.15, -0.1) is 0 Å². The first-order chi connectivity index (χ1) is 12.6. The number of anilines is 1. The van der Waals surface area contributed by atoms with Crippen molar-refractivity contribution < 1.29 is 5.11 Å². The molecular formula is C23H32N2O. The quantitative estimate of drug-likeness (QED) is 0.779. The van der Waals surface area contributed by atoms with E-state index in [4.69, 9.17) is 0 Å². The Morgan fingerprint density at radius 1 is 0.885 bits per heavy atom. The Labute approximate surface area is 158 Å². The van der Waals surface area contributed by atoms with Crippen molar-refractivity contribution >= 4 is 5.69 Å². The van der Waals surface area contributed by atoms with Gasteiger partial charge in [-0.1, -0.05) is 48.9 Å². The molecule has 2 aromatic carbocycles. The van der Waals surface area contributed by atoms with Crippen LogP contribution in [-0.2, 0) is 5.60 Å². The van der Waals surface area contributed by atoms with Gasteiger partial charge in [0, 0.05) is 18.8 Å². The second-order valence-electron chi connectivity index (χ2n) is 7.78. The lowest BCUT2D eigenvalue weighted by molar-refractivity contribution is 0.00832. The van der Waals surface area contributed by atoms with Gasteiger partial charge in [-0.05, 0) is 69.0 Å². The van der Waals surface area contributed by atoms with Gasteiger partial charge in [0.15, 0.2) is 0 Å². The van der Waals surface area contributed by atoms with Crippen LogP contribution in [0.15, 0.2) is 54.6 Å². The average molecular weight is 353 g/mol. The molecule has 1 saturated carbocycles. The third kappa shape index (κ3) is 3.79. The summed E-state index contributed by atoms with van der Waals surface area (Å²) in [5.74, 6) is 0.232. The van der Waals surface area contributed by atoms with Gasteiger partial charge >= 0.3 is 0 Å². The minimum atomic E-state index is -0.936. The molecule has 2 N–H and O–H groups in total. The minimum Gasteiger partial charge on any atom is -0.388 e. The highest BCUT2D eigenvalue weighted by atomic mass is 16.3. The molecule has 0 bridgehead atoms. The maximum atomic E-state index is 12.1. The molecule has 0 heterocycles. The van der Waals surface area contributed by atoms with Gasteiger partial charge < -0.3 is 15.3 Å². The van der Waals surface area contributed by atoms with Crippen molar-refractivity contribution in [2.45, 2.75) is 43.7 Å². The van der Waals surface area contributed by atoms with E-state index in [1.807, 2.05) is 25.2 Å². The molecule has 1 aliphatic rings. The fourth-order valence-corrected chi connectivity index (χ4v) is 4.44. The van der Waals surface area contributed by atoms with E-state index < -0.39 is 5.60 Å². The van der Waals surface area contributed by atoms with E-state index in [2.05, 4.69) is 60.7 Å². The fourth-order valence-electron chi connectivity index (χ4n) is 4.44. The Kier molecular flexibility index (Phi) is 6.00. The number of nitrogens with one attached hydrogen (secondary N) is 1. The number of hydrogen-bond donors (Lipinski definition) is 2. The first-order valence-electron chi connectivity index (χ1n) is 9.78. The van der Waals surface area contributed by atoms with E-state index >= 15 is 0 Å². The van der Waals surface area contributed by atoms with Crippen LogP contribution in [0.5, 0.6) is 0 Å². The zero-order chi connectivity index (χ0) is 18.6. The maximum Gasteiger partial charge on any atom is 0.117 e. The molecule has 0 amide bonds. The lowest BCUT2D eigenvalue weighted by Gasteiger charge is -2.37. The molecule has 140 valence electrons. The third-order valence-corrected chi connectivity index (χ3v) is 6.09. The van der Waals surface area contributed by atoms with Gasteiger partial charge in [0.25, 0.3) is 0 Å². The van der Waals surface area contributed by atoms with E-state index in [-0.39, 0.29) is 5.92 Å². The van der Waals surface area contributed by atoms with Crippen molar-refractivity contribution in [3.05, 3.63) is 65.7 Å². The second kappa shape index (κ2) is 8.24. The lowest BCUT2D eigenvalue weighted by Crippen LogP contribution is -2.36. The fraction of sp³-hybridized carbons (Fsp3) is 0.478. The highest BCUT2D eigenvalue weighted by Crippen LogP contribution is 2.43. The van der Waals surface area contributed by atoms with E-state index in [9.17, 15) is 5.11 Å². The van der Waals surface area contributed by atoms with E-state index in [1.165, 1.54) is 6.42 Å². The molecule has 3 rings (SSSR count). The number of rotatable bonds is 5. The maximum absolute atomic E-state index is 12.1. The zero-order valence-corrected chi connectivity index (χ0v) is 16.3. The van der Waals surface area contributed by atoms with Crippen LogP contribution in [-0.4, -0.2) is 37.2 Å².